The zero-order chi connectivity index (χ0) is 13.5. The van der Waals surface area contributed by atoms with E-state index in [2.05, 4.69) is 5.32 Å². The normalized spacial score (nSPS) is 18.2. The lowest BCUT2D eigenvalue weighted by Crippen LogP contribution is -2.19. The number of rotatable bonds is 3. The molecule has 0 amide bonds. The molecular formula is C17H19FN2. The van der Waals surface area contributed by atoms with Gasteiger partial charge in [-0.05, 0) is 67.9 Å². The van der Waals surface area contributed by atoms with Crippen LogP contribution in [0.1, 0.15) is 42.5 Å². The number of hydrogen-bond acceptors (Lipinski definition) is 2. The van der Waals surface area contributed by atoms with Crippen molar-refractivity contribution in [1.29, 1.82) is 0 Å². The molecule has 0 unspecified atom stereocenters. The summed E-state index contributed by atoms with van der Waals surface area (Å²) in [6, 6.07) is 5.66. The van der Waals surface area contributed by atoms with E-state index in [1.54, 1.807) is 6.07 Å². The SMILES string of the molecule is Fc1ccc2nc3c(c(CNC4CC4)c2c1)CCCC3. The van der Waals surface area contributed by atoms with Crippen molar-refractivity contribution < 1.29 is 4.39 Å². The summed E-state index contributed by atoms with van der Waals surface area (Å²) in [7, 11) is 0. The molecule has 3 heteroatoms. The van der Waals surface area contributed by atoms with Crippen LogP contribution in [0.4, 0.5) is 4.39 Å². The minimum Gasteiger partial charge on any atom is -0.310 e. The molecule has 4 rings (SSSR count). The molecular weight excluding hydrogens is 251 g/mol. The van der Waals surface area contributed by atoms with Gasteiger partial charge in [-0.15, -0.1) is 0 Å². The largest absolute Gasteiger partial charge is 0.310 e. The van der Waals surface area contributed by atoms with Crippen LogP contribution in [0, 0.1) is 5.82 Å². The molecule has 0 radical (unpaired) electrons. The number of aromatic nitrogens is 1. The van der Waals surface area contributed by atoms with Crippen LogP contribution in [0.2, 0.25) is 0 Å². The Kier molecular flexibility index (Phi) is 2.95. The van der Waals surface area contributed by atoms with E-state index in [9.17, 15) is 4.39 Å². The monoisotopic (exact) mass is 270 g/mol. The Balaban J connectivity index is 1.86. The highest BCUT2D eigenvalue weighted by molar-refractivity contribution is 5.84. The predicted molar refractivity (Wildman–Crippen MR) is 78.2 cm³/mol. The molecule has 1 fully saturated rings. The fraction of sp³-hybridized carbons (Fsp3) is 0.471. The van der Waals surface area contributed by atoms with Crippen LogP contribution in [0.25, 0.3) is 10.9 Å². The molecule has 1 saturated carbocycles. The summed E-state index contributed by atoms with van der Waals surface area (Å²) in [6.45, 7) is 0.857. The zero-order valence-corrected chi connectivity index (χ0v) is 11.6. The van der Waals surface area contributed by atoms with Crippen LogP contribution in [0.3, 0.4) is 0 Å². The molecule has 1 heterocycles. The molecule has 104 valence electrons. The van der Waals surface area contributed by atoms with E-state index >= 15 is 0 Å². The van der Waals surface area contributed by atoms with Crippen molar-refractivity contribution >= 4 is 10.9 Å². The number of hydrogen-bond donors (Lipinski definition) is 1. The van der Waals surface area contributed by atoms with Crippen molar-refractivity contribution in [2.45, 2.75) is 51.1 Å². The fourth-order valence-electron chi connectivity index (χ4n) is 3.23. The molecule has 2 aliphatic rings. The number of pyridine rings is 1. The first-order valence-corrected chi connectivity index (χ1v) is 7.64. The van der Waals surface area contributed by atoms with Gasteiger partial charge in [0.25, 0.3) is 0 Å². The Hall–Kier alpha value is -1.48. The summed E-state index contributed by atoms with van der Waals surface area (Å²) in [5.74, 6) is -0.164. The lowest BCUT2D eigenvalue weighted by atomic mass is 9.89. The van der Waals surface area contributed by atoms with Gasteiger partial charge in [0, 0.05) is 23.7 Å². The molecule has 2 aliphatic carbocycles. The number of nitrogens with zero attached hydrogens (tertiary/aromatic N) is 1. The molecule has 2 aromatic rings. The number of halogens is 1. The first-order valence-electron chi connectivity index (χ1n) is 7.64. The van der Waals surface area contributed by atoms with Crippen molar-refractivity contribution in [3.8, 4) is 0 Å². The standard InChI is InChI=1S/C17H19FN2/c18-11-5-8-17-14(9-11)15(10-19-12-6-7-12)13-3-1-2-4-16(13)20-17/h5,8-9,12,19H,1-4,6-7,10H2. The topological polar surface area (TPSA) is 24.9 Å². The van der Waals surface area contributed by atoms with Crippen molar-refractivity contribution in [3.05, 3.63) is 40.8 Å². The second kappa shape index (κ2) is 4.81. The Bertz CT molecular complexity index is 662. The Morgan fingerprint density at radius 3 is 2.90 bits per heavy atom. The van der Waals surface area contributed by atoms with Gasteiger partial charge in [-0.2, -0.15) is 0 Å². The van der Waals surface area contributed by atoms with Gasteiger partial charge in [0.15, 0.2) is 0 Å². The maximum atomic E-state index is 13.6. The molecule has 0 spiro atoms. The van der Waals surface area contributed by atoms with E-state index in [4.69, 9.17) is 4.98 Å². The van der Waals surface area contributed by atoms with E-state index < -0.39 is 0 Å². The first kappa shape index (κ1) is 12.3. The summed E-state index contributed by atoms with van der Waals surface area (Å²) in [5.41, 5.74) is 4.85. The third-order valence-electron chi connectivity index (χ3n) is 4.49. The van der Waals surface area contributed by atoms with E-state index in [1.165, 1.54) is 48.6 Å². The second-order valence-electron chi connectivity index (χ2n) is 6.04. The summed E-state index contributed by atoms with van der Waals surface area (Å²) in [6.07, 6.45) is 7.17. The molecule has 1 N–H and O–H groups in total. The molecule has 2 nitrogen and oxygen atoms in total. The number of fused-ring (bicyclic) bond motifs is 2. The number of nitrogens with one attached hydrogen (secondary N) is 1. The van der Waals surface area contributed by atoms with E-state index in [0.717, 1.165) is 30.3 Å². The van der Waals surface area contributed by atoms with Crippen LogP contribution in [-0.4, -0.2) is 11.0 Å². The third-order valence-corrected chi connectivity index (χ3v) is 4.49. The molecule has 0 bridgehead atoms. The second-order valence-corrected chi connectivity index (χ2v) is 6.04. The molecule has 20 heavy (non-hydrogen) atoms. The third kappa shape index (κ3) is 2.20. The lowest BCUT2D eigenvalue weighted by molar-refractivity contribution is 0.626. The first-order chi connectivity index (χ1) is 9.81. The van der Waals surface area contributed by atoms with E-state index in [1.807, 2.05) is 6.07 Å². The average Bonchev–Trinajstić information content (AvgIpc) is 3.28. The van der Waals surface area contributed by atoms with Gasteiger partial charge < -0.3 is 5.32 Å². The van der Waals surface area contributed by atoms with E-state index in [0.29, 0.717) is 6.04 Å². The van der Waals surface area contributed by atoms with Crippen molar-refractivity contribution in [3.63, 3.8) is 0 Å². The molecule has 0 aliphatic heterocycles. The minimum atomic E-state index is -0.164. The van der Waals surface area contributed by atoms with Crippen LogP contribution in [0.5, 0.6) is 0 Å². The van der Waals surface area contributed by atoms with Gasteiger partial charge in [-0.25, -0.2) is 4.39 Å². The average molecular weight is 270 g/mol. The molecule has 1 aromatic heterocycles. The number of benzene rings is 1. The van der Waals surface area contributed by atoms with Gasteiger partial charge in [0.1, 0.15) is 5.82 Å². The maximum Gasteiger partial charge on any atom is 0.123 e. The van der Waals surface area contributed by atoms with Crippen molar-refractivity contribution in [2.75, 3.05) is 0 Å². The van der Waals surface area contributed by atoms with Crippen molar-refractivity contribution in [1.82, 2.24) is 10.3 Å². The summed E-state index contributed by atoms with van der Waals surface area (Å²) >= 11 is 0. The van der Waals surface area contributed by atoms with Crippen LogP contribution in [-0.2, 0) is 19.4 Å². The molecule has 0 saturated heterocycles. The zero-order valence-electron chi connectivity index (χ0n) is 11.6. The highest BCUT2D eigenvalue weighted by atomic mass is 19.1. The van der Waals surface area contributed by atoms with Gasteiger partial charge in [-0.1, -0.05) is 0 Å². The fourth-order valence-corrected chi connectivity index (χ4v) is 3.23. The maximum absolute atomic E-state index is 13.6. The van der Waals surface area contributed by atoms with Gasteiger partial charge in [0.2, 0.25) is 0 Å². The number of aryl methyl sites for hydroxylation is 1. The van der Waals surface area contributed by atoms with Gasteiger partial charge >= 0.3 is 0 Å². The Labute approximate surface area is 118 Å². The smallest absolute Gasteiger partial charge is 0.123 e. The quantitative estimate of drug-likeness (QED) is 0.923. The summed E-state index contributed by atoms with van der Waals surface area (Å²) in [5, 5.41) is 4.58. The van der Waals surface area contributed by atoms with Crippen molar-refractivity contribution in [2.24, 2.45) is 0 Å². The van der Waals surface area contributed by atoms with E-state index in [-0.39, 0.29) is 5.82 Å². The lowest BCUT2D eigenvalue weighted by Gasteiger charge is -2.21. The Morgan fingerprint density at radius 1 is 1.20 bits per heavy atom. The van der Waals surface area contributed by atoms with Gasteiger partial charge in [-0.3, -0.25) is 4.98 Å². The highest BCUT2D eigenvalue weighted by Gasteiger charge is 2.23. The van der Waals surface area contributed by atoms with Crippen LogP contribution >= 0.6 is 0 Å². The molecule has 0 atom stereocenters. The summed E-state index contributed by atoms with van der Waals surface area (Å²) in [4.78, 5) is 4.77. The minimum absolute atomic E-state index is 0.164. The van der Waals surface area contributed by atoms with Gasteiger partial charge in [0.05, 0.1) is 5.52 Å². The highest BCUT2D eigenvalue weighted by Crippen LogP contribution is 2.30. The van der Waals surface area contributed by atoms with Crippen LogP contribution in [0.15, 0.2) is 18.2 Å². The molecule has 1 aromatic carbocycles. The predicted octanol–water partition coefficient (Wildman–Crippen LogP) is 3.50. The summed E-state index contributed by atoms with van der Waals surface area (Å²) < 4.78 is 13.6. The Morgan fingerprint density at radius 2 is 2.05 bits per heavy atom. The van der Waals surface area contributed by atoms with Crippen LogP contribution < -0.4 is 5.32 Å².